The van der Waals surface area contributed by atoms with Gasteiger partial charge in [-0.05, 0) is 24.3 Å². The summed E-state index contributed by atoms with van der Waals surface area (Å²) in [6.45, 7) is 2.57. The highest BCUT2D eigenvalue weighted by atomic mass is 16.4. The molecule has 1 aliphatic rings. The summed E-state index contributed by atoms with van der Waals surface area (Å²) in [7, 11) is 0. The van der Waals surface area contributed by atoms with Crippen molar-refractivity contribution in [2.45, 2.75) is 38.1 Å². The standard InChI is InChI=1S/C15H19NO3/c1-11(12-6-3-2-4-7-12)10-14(17)16-9-5-8-13(16)15(18)19/h2-4,6-7,11,13H,5,8-10H2,1H3,(H,18,19). The molecule has 1 aliphatic heterocycles. The van der Waals surface area contributed by atoms with Gasteiger partial charge in [-0.25, -0.2) is 4.79 Å². The molecule has 0 saturated carbocycles. The van der Waals surface area contributed by atoms with E-state index in [9.17, 15) is 9.59 Å². The molecular formula is C15H19NO3. The highest BCUT2D eigenvalue weighted by molar-refractivity contribution is 5.84. The Morgan fingerprint density at radius 2 is 2.05 bits per heavy atom. The van der Waals surface area contributed by atoms with Crippen molar-refractivity contribution in [2.75, 3.05) is 6.54 Å². The molecule has 102 valence electrons. The van der Waals surface area contributed by atoms with Crippen molar-refractivity contribution in [3.8, 4) is 0 Å². The first-order valence-corrected chi connectivity index (χ1v) is 6.67. The van der Waals surface area contributed by atoms with E-state index in [1.165, 1.54) is 4.90 Å². The van der Waals surface area contributed by atoms with E-state index in [0.717, 1.165) is 12.0 Å². The lowest BCUT2D eigenvalue weighted by Gasteiger charge is -2.23. The first-order valence-electron chi connectivity index (χ1n) is 6.67. The molecule has 1 amide bonds. The fourth-order valence-corrected chi connectivity index (χ4v) is 2.60. The molecule has 1 heterocycles. The van der Waals surface area contributed by atoms with Crippen molar-refractivity contribution in [3.63, 3.8) is 0 Å². The number of nitrogens with zero attached hydrogens (tertiary/aromatic N) is 1. The van der Waals surface area contributed by atoms with Crippen LogP contribution in [0.3, 0.4) is 0 Å². The number of aliphatic carboxylic acids is 1. The van der Waals surface area contributed by atoms with Crippen LogP contribution < -0.4 is 0 Å². The van der Waals surface area contributed by atoms with Gasteiger partial charge in [-0.2, -0.15) is 0 Å². The SMILES string of the molecule is CC(CC(=O)N1CCCC1C(=O)O)c1ccccc1. The zero-order valence-electron chi connectivity index (χ0n) is 11.1. The molecule has 2 rings (SSSR count). The Hall–Kier alpha value is -1.84. The molecule has 0 aromatic heterocycles. The Labute approximate surface area is 113 Å². The van der Waals surface area contributed by atoms with Crippen LogP contribution >= 0.6 is 0 Å². The largest absolute Gasteiger partial charge is 0.480 e. The van der Waals surface area contributed by atoms with E-state index in [4.69, 9.17) is 5.11 Å². The fourth-order valence-electron chi connectivity index (χ4n) is 2.60. The maximum Gasteiger partial charge on any atom is 0.326 e. The van der Waals surface area contributed by atoms with Crippen LogP contribution in [-0.2, 0) is 9.59 Å². The molecule has 2 atom stereocenters. The van der Waals surface area contributed by atoms with Gasteiger partial charge in [0.05, 0.1) is 0 Å². The topological polar surface area (TPSA) is 57.6 Å². The van der Waals surface area contributed by atoms with Gasteiger partial charge in [0.1, 0.15) is 6.04 Å². The third-order valence-electron chi connectivity index (χ3n) is 3.71. The van der Waals surface area contributed by atoms with Crippen molar-refractivity contribution in [2.24, 2.45) is 0 Å². The molecule has 0 radical (unpaired) electrons. The van der Waals surface area contributed by atoms with E-state index in [2.05, 4.69) is 0 Å². The number of rotatable bonds is 4. The van der Waals surface area contributed by atoms with E-state index in [-0.39, 0.29) is 11.8 Å². The van der Waals surface area contributed by atoms with Crippen LogP contribution in [0, 0.1) is 0 Å². The van der Waals surface area contributed by atoms with Crippen LogP contribution in [0.25, 0.3) is 0 Å². The molecule has 0 aliphatic carbocycles. The smallest absolute Gasteiger partial charge is 0.326 e. The number of hydrogen-bond acceptors (Lipinski definition) is 2. The third kappa shape index (κ3) is 3.13. The summed E-state index contributed by atoms with van der Waals surface area (Å²) in [6, 6.07) is 9.21. The molecule has 19 heavy (non-hydrogen) atoms. The Morgan fingerprint density at radius 1 is 1.37 bits per heavy atom. The molecule has 1 aromatic rings. The number of hydrogen-bond donors (Lipinski definition) is 1. The Bertz CT molecular complexity index is 458. The minimum absolute atomic E-state index is 0.0544. The van der Waals surface area contributed by atoms with E-state index in [1.54, 1.807) is 0 Å². The molecule has 1 fully saturated rings. The number of likely N-dealkylation sites (tertiary alicyclic amines) is 1. The van der Waals surface area contributed by atoms with Crippen LogP contribution in [0.4, 0.5) is 0 Å². The Kier molecular flexibility index (Phi) is 4.20. The van der Waals surface area contributed by atoms with Crippen molar-refractivity contribution in [1.29, 1.82) is 0 Å². The van der Waals surface area contributed by atoms with Gasteiger partial charge in [-0.15, -0.1) is 0 Å². The minimum atomic E-state index is -0.891. The Balaban J connectivity index is 1.99. The van der Waals surface area contributed by atoms with Gasteiger partial charge in [0, 0.05) is 13.0 Å². The zero-order valence-corrected chi connectivity index (χ0v) is 11.1. The number of carboxylic acid groups (broad SMARTS) is 1. The molecule has 2 unspecified atom stereocenters. The lowest BCUT2D eigenvalue weighted by molar-refractivity contribution is -0.148. The van der Waals surface area contributed by atoms with Gasteiger partial charge in [0.2, 0.25) is 5.91 Å². The first-order chi connectivity index (χ1) is 9.09. The van der Waals surface area contributed by atoms with Gasteiger partial charge >= 0.3 is 5.97 Å². The second-order valence-electron chi connectivity index (χ2n) is 5.10. The lowest BCUT2D eigenvalue weighted by atomic mass is 9.97. The van der Waals surface area contributed by atoms with Crippen molar-refractivity contribution >= 4 is 11.9 Å². The number of benzene rings is 1. The minimum Gasteiger partial charge on any atom is -0.480 e. The molecule has 1 saturated heterocycles. The molecule has 1 aromatic carbocycles. The predicted octanol–water partition coefficient (Wildman–Crippen LogP) is 2.26. The van der Waals surface area contributed by atoms with Gasteiger partial charge in [0.25, 0.3) is 0 Å². The molecule has 4 heteroatoms. The van der Waals surface area contributed by atoms with Crippen LogP contribution in [0.2, 0.25) is 0 Å². The highest BCUT2D eigenvalue weighted by Gasteiger charge is 2.34. The van der Waals surface area contributed by atoms with Gasteiger partial charge in [-0.3, -0.25) is 4.79 Å². The quantitative estimate of drug-likeness (QED) is 0.904. The van der Waals surface area contributed by atoms with Crippen LogP contribution in [0.15, 0.2) is 30.3 Å². The third-order valence-corrected chi connectivity index (χ3v) is 3.71. The normalized spacial score (nSPS) is 20.3. The summed E-state index contributed by atoms with van der Waals surface area (Å²) >= 11 is 0. The fraction of sp³-hybridized carbons (Fsp3) is 0.467. The first kappa shape index (κ1) is 13.6. The molecule has 1 N–H and O–H groups in total. The van der Waals surface area contributed by atoms with E-state index >= 15 is 0 Å². The van der Waals surface area contributed by atoms with Crippen molar-refractivity contribution in [1.82, 2.24) is 4.90 Å². The monoisotopic (exact) mass is 261 g/mol. The predicted molar refractivity (Wildman–Crippen MR) is 71.8 cm³/mol. The average Bonchev–Trinajstić information content (AvgIpc) is 2.89. The van der Waals surface area contributed by atoms with Crippen LogP contribution in [-0.4, -0.2) is 34.5 Å². The van der Waals surface area contributed by atoms with E-state index in [0.29, 0.717) is 19.4 Å². The maximum atomic E-state index is 12.2. The number of carbonyl (C=O) groups is 2. The van der Waals surface area contributed by atoms with Crippen LogP contribution in [0.1, 0.15) is 37.7 Å². The second-order valence-corrected chi connectivity index (χ2v) is 5.10. The van der Waals surface area contributed by atoms with Gasteiger partial charge in [-0.1, -0.05) is 37.3 Å². The lowest BCUT2D eigenvalue weighted by Crippen LogP contribution is -2.40. The summed E-state index contributed by atoms with van der Waals surface area (Å²) in [5, 5.41) is 9.09. The summed E-state index contributed by atoms with van der Waals surface area (Å²) in [4.78, 5) is 24.8. The van der Waals surface area contributed by atoms with E-state index in [1.807, 2.05) is 37.3 Å². The number of carbonyl (C=O) groups excluding carboxylic acids is 1. The highest BCUT2D eigenvalue weighted by Crippen LogP contribution is 2.24. The van der Waals surface area contributed by atoms with Crippen LogP contribution in [0.5, 0.6) is 0 Å². The van der Waals surface area contributed by atoms with Gasteiger partial charge in [0.15, 0.2) is 0 Å². The van der Waals surface area contributed by atoms with Crippen molar-refractivity contribution in [3.05, 3.63) is 35.9 Å². The maximum absolute atomic E-state index is 12.2. The summed E-state index contributed by atoms with van der Waals surface area (Å²) in [6.07, 6.45) is 1.72. The summed E-state index contributed by atoms with van der Waals surface area (Å²) in [5.41, 5.74) is 1.11. The summed E-state index contributed by atoms with van der Waals surface area (Å²) in [5.74, 6) is -0.830. The zero-order chi connectivity index (χ0) is 13.8. The summed E-state index contributed by atoms with van der Waals surface area (Å²) < 4.78 is 0. The average molecular weight is 261 g/mol. The second kappa shape index (κ2) is 5.87. The molecule has 0 bridgehead atoms. The van der Waals surface area contributed by atoms with Gasteiger partial charge < -0.3 is 10.0 Å². The molecule has 0 spiro atoms. The molecular weight excluding hydrogens is 242 g/mol. The molecule has 4 nitrogen and oxygen atoms in total. The van der Waals surface area contributed by atoms with Crippen molar-refractivity contribution < 1.29 is 14.7 Å². The number of amides is 1. The van der Waals surface area contributed by atoms with E-state index < -0.39 is 12.0 Å². The number of carboxylic acids is 1. The Morgan fingerprint density at radius 3 is 2.68 bits per heavy atom.